The maximum atomic E-state index is 5.89. The molecule has 4 nitrogen and oxygen atoms in total. The Morgan fingerprint density at radius 1 is 1.05 bits per heavy atom. The average Bonchev–Trinajstić information content (AvgIpc) is 2.94. The van der Waals surface area contributed by atoms with Crippen LogP contribution in [0.15, 0.2) is 48.7 Å². The molecule has 112 valence electrons. The topological polar surface area (TPSA) is 53.1 Å². The van der Waals surface area contributed by atoms with E-state index in [0.29, 0.717) is 10.9 Å². The smallest absolute Gasteiger partial charge is 0.238 e. The third kappa shape index (κ3) is 2.92. The van der Waals surface area contributed by atoms with Crippen LogP contribution in [0.2, 0.25) is 5.02 Å². The summed E-state index contributed by atoms with van der Waals surface area (Å²) in [5.41, 5.74) is 9.53. The van der Waals surface area contributed by atoms with Crippen molar-refractivity contribution in [3.05, 3.63) is 64.8 Å². The molecule has 5 heteroatoms. The van der Waals surface area contributed by atoms with Crippen molar-refractivity contribution in [2.24, 2.45) is 0 Å². The van der Waals surface area contributed by atoms with Gasteiger partial charge in [-0.2, -0.15) is 0 Å². The Labute approximate surface area is 134 Å². The van der Waals surface area contributed by atoms with Crippen molar-refractivity contribution >= 4 is 17.3 Å². The number of hydrogen-bond acceptors (Lipinski definition) is 3. The van der Waals surface area contributed by atoms with Crippen LogP contribution in [0, 0.1) is 13.8 Å². The van der Waals surface area contributed by atoms with Crippen molar-refractivity contribution in [1.82, 2.24) is 9.78 Å². The molecule has 0 aliphatic heterocycles. The minimum Gasteiger partial charge on any atom is -0.437 e. The first kappa shape index (κ1) is 14.5. The number of nitrogens with zero attached hydrogens (tertiary/aromatic N) is 2. The second-order valence-corrected chi connectivity index (χ2v) is 5.59. The molecule has 0 amide bonds. The summed E-state index contributed by atoms with van der Waals surface area (Å²) in [5, 5.41) is 5.11. The summed E-state index contributed by atoms with van der Waals surface area (Å²) in [6.45, 7) is 3.91. The van der Waals surface area contributed by atoms with Crippen molar-refractivity contribution in [3.8, 4) is 17.3 Å². The van der Waals surface area contributed by atoms with Crippen LogP contribution in [0.3, 0.4) is 0 Å². The highest BCUT2D eigenvalue weighted by Gasteiger charge is 2.08. The van der Waals surface area contributed by atoms with Crippen molar-refractivity contribution < 1.29 is 4.74 Å². The number of nitrogens with two attached hydrogens (primary N) is 1. The minimum absolute atomic E-state index is 0.530. The van der Waals surface area contributed by atoms with E-state index < -0.39 is 0 Å². The van der Waals surface area contributed by atoms with Crippen LogP contribution >= 0.6 is 11.6 Å². The van der Waals surface area contributed by atoms with E-state index in [2.05, 4.69) is 5.10 Å². The first-order valence-electron chi connectivity index (χ1n) is 6.89. The van der Waals surface area contributed by atoms with Crippen molar-refractivity contribution in [2.75, 3.05) is 5.73 Å². The number of rotatable bonds is 3. The highest BCUT2D eigenvalue weighted by molar-refractivity contribution is 6.30. The Morgan fingerprint density at radius 2 is 1.77 bits per heavy atom. The molecule has 0 bridgehead atoms. The molecule has 3 rings (SSSR count). The highest BCUT2D eigenvalue weighted by atomic mass is 35.5. The Morgan fingerprint density at radius 3 is 2.50 bits per heavy atom. The summed E-state index contributed by atoms with van der Waals surface area (Å²) in [4.78, 5) is 0. The van der Waals surface area contributed by atoms with Gasteiger partial charge in [-0.1, -0.05) is 11.6 Å². The number of benzene rings is 2. The lowest BCUT2D eigenvalue weighted by atomic mass is 10.1. The Hall–Kier alpha value is -2.46. The van der Waals surface area contributed by atoms with Gasteiger partial charge in [-0.3, -0.25) is 0 Å². The number of hydrogen-bond donors (Lipinski definition) is 1. The van der Waals surface area contributed by atoms with Gasteiger partial charge in [-0.05, 0) is 61.4 Å². The molecule has 0 spiro atoms. The van der Waals surface area contributed by atoms with E-state index in [4.69, 9.17) is 22.1 Å². The highest BCUT2D eigenvalue weighted by Crippen LogP contribution is 2.28. The molecule has 1 heterocycles. The summed E-state index contributed by atoms with van der Waals surface area (Å²) in [5.74, 6) is 1.29. The normalized spacial score (nSPS) is 10.7. The van der Waals surface area contributed by atoms with E-state index in [1.54, 1.807) is 4.68 Å². The van der Waals surface area contributed by atoms with Gasteiger partial charge >= 0.3 is 0 Å². The van der Waals surface area contributed by atoms with Gasteiger partial charge in [0.25, 0.3) is 0 Å². The largest absolute Gasteiger partial charge is 0.437 e. The fourth-order valence-corrected chi connectivity index (χ4v) is 2.26. The quantitative estimate of drug-likeness (QED) is 0.723. The predicted octanol–water partition coefficient (Wildman–Crippen LogP) is 4.52. The molecule has 22 heavy (non-hydrogen) atoms. The zero-order valence-electron chi connectivity index (χ0n) is 12.4. The van der Waals surface area contributed by atoms with E-state index in [1.165, 1.54) is 0 Å². The van der Waals surface area contributed by atoms with Crippen molar-refractivity contribution in [2.45, 2.75) is 13.8 Å². The van der Waals surface area contributed by atoms with Crippen LogP contribution < -0.4 is 10.5 Å². The predicted molar refractivity (Wildman–Crippen MR) is 89.0 cm³/mol. The lowest BCUT2D eigenvalue weighted by Crippen LogP contribution is -1.96. The van der Waals surface area contributed by atoms with E-state index in [1.807, 2.05) is 62.5 Å². The van der Waals surface area contributed by atoms with Gasteiger partial charge in [-0.15, -0.1) is 5.10 Å². The number of nitrogen functional groups attached to an aromatic ring is 1. The van der Waals surface area contributed by atoms with Crippen molar-refractivity contribution in [3.63, 3.8) is 0 Å². The molecular weight excluding hydrogens is 298 g/mol. The Kier molecular flexibility index (Phi) is 3.77. The van der Waals surface area contributed by atoms with Crippen LogP contribution in [0.25, 0.3) is 5.69 Å². The van der Waals surface area contributed by atoms with E-state index in [-0.39, 0.29) is 0 Å². The molecule has 0 atom stereocenters. The van der Waals surface area contributed by atoms with Crippen LogP contribution in [-0.2, 0) is 0 Å². The zero-order valence-corrected chi connectivity index (χ0v) is 13.1. The standard InChI is InChI=1S/C17H16ClN3O/c1-11-10-16(12(2)9-15(11)19)22-17-7-8-21(20-17)14-5-3-13(18)4-6-14/h3-10H,19H2,1-2H3. The number of halogens is 1. The molecule has 1 aromatic heterocycles. The molecule has 2 aromatic carbocycles. The molecule has 3 aromatic rings. The Balaban J connectivity index is 1.86. The van der Waals surface area contributed by atoms with Crippen molar-refractivity contribution in [1.29, 1.82) is 0 Å². The maximum absolute atomic E-state index is 5.89. The van der Waals surface area contributed by atoms with Gasteiger partial charge in [0.05, 0.1) is 5.69 Å². The molecule has 0 aliphatic rings. The molecule has 0 saturated heterocycles. The van der Waals surface area contributed by atoms with E-state index in [0.717, 1.165) is 28.3 Å². The summed E-state index contributed by atoms with van der Waals surface area (Å²) < 4.78 is 7.60. The number of anilines is 1. The minimum atomic E-state index is 0.530. The van der Waals surface area contributed by atoms with E-state index in [9.17, 15) is 0 Å². The molecular formula is C17H16ClN3O. The van der Waals surface area contributed by atoms with Crippen LogP contribution in [0.1, 0.15) is 11.1 Å². The molecule has 0 unspecified atom stereocenters. The van der Waals surface area contributed by atoms with Crippen LogP contribution in [-0.4, -0.2) is 9.78 Å². The monoisotopic (exact) mass is 313 g/mol. The third-order valence-corrected chi connectivity index (χ3v) is 3.69. The lowest BCUT2D eigenvalue weighted by Gasteiger charge is -2.09. The molecule has 0 radical (unpaired) electrons. The van der Waals surface area contributed by atoms with Gasteiger partial charge < -0.3 is 10.5 Å². The SMILES string of the molecule is Cc1cc(Oc2ccn(-c3ccc(Cl)cc3)n2)c(C)cc1N. The van der Waals surface area contributed by atoms with Gasteiger partial charge in [0.1, 0.15) is 5.75 Å². The number of aryl methyl sites for hydroxylation is 2. The average molecular weight is 314 g/mol. The second-order valence-electron chi connectivity index (χ2n) is 5.15. The summed E-state index contributed by atoms with van der Waals surface area (Å²) >= 11 is 5.89. The number of ether oxygens (including phenoxy) is 1. The van der Waals surface area contributed by atoms with Crippen LogP contribution in [0.4, 0.5) is 5.69 Å². The Bertz CT molecular complexity index is 809. The first-order valence-corrected chi connectivity index (χ1v) is 7.27. The van der Waals surface area contributed by atoms with Gasteiger partial charge in [0, 0.05) is 23.0 Å². The molecule has 0 fully saturated rings. The summed E-state index contributed by atoms with van der Waals surface area (Å²) in [7, 11) is 0. The van der Waals surface area contributed by atoms with Crippen LogP contribution in [0.5, 0.6) is 11.6 Å². The van der Waals surface area contributed by atoms with E-state index >= 15 is 0 Å². The molecule has 0 aliphatic carbocycles. The van der Waals surface area contributed by atoms with Gasteiger partial charge in [0.2, 0.25) is 5.88 Å². The third-order valence-electron chi connectivity index (χ3n) is 3.43. The molecule has 2 N–H and O–H groups in total. The maximum Gasteiger partial charge on any atom is 0.238 e. The second kappa shape index (κ2) is 5.73. The first-order chi connectivity index (χ1) is 10.5. The zero-order chi connectivity index (χ0) is 15.7. The summed E-state index contributed by atoms with van der Waals surface area (Å²) in [6, 6.07) is 13.1. The molecule has 0 saturated carbocycles. The lowest BCUT2D eigenvalue weighted by molar-refractivity contribution is 0.454. The number of aromatic nitrogens is 2. The fraction of sp³-hybridized carbons (Fsp3) is 0.118. The van der Waals surface area contributed by atoms with Gasteiger partial charge in [-0.25, -0.2) is 4.68 Å². The fourth-order valence-electron chi connectivity index (χ4n) is 2.13. The summed E-state index contributed by atoms with van der Waals surface area (Å²) in [6.07, 6.45) is 1.85. The van der Waals surface area contributed by atoms with Gasteiger partial charge in [0.15, 0.2) is 0 Å².